The zero-order valence-electron chi connectivity index (χ0n) is 19.5. The average molecular weight is 511 g/mol. The van der Waals surface area contributed by atoms with Crippen LogP contribution in [0.1, 0.15) is 27.9 Å². The van der Waals surface area contributed by atoms with Crippen molar-refractivity contribution in [2.75, 3.05) is 62.6 Å². The molecule has 0 bridgehead atoms. The second kappa shape index (κ2) is 11.2. The van der Waals surface area contributed by atoms with Crippen LogP contribution in [0.4, 0.5) is 24.5 Å². The molecule has 2 aliphatic rings. The number of aliphatic hydroxyl groups is 1. The smallest absolute Gasteiger partial charge is 0.390 e. The van der Waals surface area contributed by atoms with E-state index in [-0.39, 0.29) is 19.1 Å². The van der Waals surface area contributed by atoms with Crippen molar-refractivity contribution in [3.05, 3.63) is 58.1 Å². The molecular formula is C25H30ClF3N4O2. The van der Waals surface area contributed by atoms with Gasteiger partial charge in [-0.1, -0.05) is 17.7 Å². The Bertz CT molecular complexity index is 1040. The second-order valence-corrected chi connectivity index (χ2v) is 9.48. The molecule has 0 atom stereocenters. The first-order chi connectivity index (χ1) is 16.7. The Morgan fingerprint density at radius 3 is 2.46 bits per heavy atom. The fourth-order valence-corrected chi connectivity index (χ4v) is 4.82. The van der Waals surface area contributed by atoms with Gasteiger partial charge in [-0.3, -0.25) is 14.6 Å². The molecule has 190 valence electrons. The quantitative estimate of drug-likeness (QED) is 0.589. The van der Waals surface area contributed by atoms with E-state index in [2.05, 4.69) is 10.2 Å². The van der Waals surface area contributed by atoms with E-state index in [1.54, 1.807) is 23.1 Å². The van der Waals surface area contributed by atoms with Gasteiger partial charge in [0.1, 0.15) is 0 Å². The summed E-state index contributed by atoms with van der Waals surface area (Å²) in [6.07, 6.45) is -4.09. The number of hydrogen-bond acceptors (Lipinski definition) is 5. The normalized spacial score (nSPS) is 17.3. The topological polar surface area (TPSA) is 59.1 Å². The Hall–Kier alpha value is -2.33. The molecule has 0 unspecified atom stereocenters. The summed E-state index contributed by atoms with van der Waals surface area (Å²) in [5.41, 5.74) is 4.22. The fraction of sp³-hybridized carbons (Fsp3) is 0.480. The van der Waals surface area contributed by atoms with E-state index >= 15 is 0 Å². The van der Waals surface area contributed by atoms with Crippen LogP contribution in [-0.2, 0) is 13.0 Å². The van der Waals surface area contributed by atoms with Crippen molar-refractivity contribution in [1.82, 2.24) is 9.80 Å². The summed E-state index contributed by atoms with van der Waals surface area (Å²) in [4.78, 5) is 19.1. The first-order valence-electron chi connectivity index (χ1n) is 11.8. The number of carbonyl (C=O) groups is 1. The van der Waals surface area contributed by atoms with Gasteiger partial charge in [-0.2, -0.15) is 13.2 Å². The minimum Gasteiger partial charge on any atom is -0.395 e. The van der Waals surface area contributed by atoms with Crippen molar-refractivity contribution in [3.63, 3.8) is 0 Å². The number of nitrogens with zero attached hydrogens (tertiary/aromatic N) is 3. The minimum absolute atomic E-state index is 0.00938. The number of alkyl halides is 3. The molecule has 2 aliphatic heterocycles. The molecule has 1 amide bonds. The maximum absolute atomic E-state index is 13.1. The third-order valence-electron chi connectivity index (χ3n) is 6.61. The van der Waals surface area contributed by atoms with Crippen LogP contribution in [0, 0.1) is 0 Å². The number of carbonyl (C=O) groups excluding carboxylic acids is 1. The molecule has 2 heterocycles. The molecule has 0 spiro atoms. The summed E-state index contributed by atoms with van der Waals surface area (Å²) in [5.74, 6) is -0.237. The van der Waals surface area contributed by atoms with E-state index in [4.69, 9.17) is 11.6 Å². The lowest BCUT2D eigenvalue weighted by atomic mass is 9.97. The van der Waals surface area contributed by atoms with Gasteiger partial charge in [0, 0.05) is 62.9 Å². The highest BCUT2D eigenvalue weighted by Gasteiger charge is 2.29. The number of rotatable bonds is 7. The molecule has 2 aromatic carbocycles. The molecule has 2 aromatic rings. The average Bonchev–Trinajstić information content (AvgIpc) is 2.83. The van der Waals surface area contributed by atoms with Crippen molar-refractivity contribution >= 4 is 28.9 Å². The Balaban J connectivity index is 1.44. The van der Waals surface area contributed by atoms with Gasteiger partial charge in [0.2, 0.25) is 0 Å². The number of benzene rings is 2. The monoisotopic (exact) mass is 510 g/mol. The summed E-state index contributed by atoms with van der Waals surface area (Å²) in [7, 11) is 0. The molecule has 6 nitrogen and oxygen atoms in total. The first kappa shape index (κ1) is 25.8. The second-order valence-electron chi connectivity index (χ2n) is 9.04. The maximum atomic E-state index is 13.1. The largest absolute Gasteiger partial charge is 0.395 e. The summed E-state index contributed by atoms with van der Waals surface area (Å²) >= 11 is 6.24. The summed E-state index contributed by atoms with van der Waals surface area (Å²) in [5, 5.41) is 12.8. The predicted molar refractivity (Wildman–Crippen MR) is 131 cm³/mol. The zero-order valence-corrected chi connectivity index (χ0v) is 20.2. The van der Waals surface area contributed by atoms with Gasteiger partial charge < -0.3 is 15.3 Å². The Morgan fingerprint density at radius 1 is 0.971 bits per heavy atom. The van der Waals surface area contributed by atoms with E-state index in [0.29, 0.717) is 55.5 Å². The highest BCUT2D eigenvalue weighted by molar-refractivity contribution is 6.31. The molecule has 10 heteroatoms. The van der Waals surface area contributed by atoms with E-state index in [9.17, 15) is 23.1 Å². The molecule has 0 aliphatic carbocycles. The Morgan fingerprint density at radius 2 is 1.74 bits per heavy atom. The molecule has 0 radical (unpaired) electrons. The van der Waals surface area contributed by atoms with Crippen molar-refractivity contribution in [3.8, 4) is 0 Å². The number of β-amino-alcohol motifs (C(OH)–C–C–N with tert-alkyl or cyclic N) is 1. The Labute approximate surface area is 208 Å². The molecule has 35 heavy (non-hydrogen) atoms. The van der Waals surface area contributed by atoms with Crippen LogP contribution in [0.5, 0.6) is 0 Å². The lowest BCUT2D eigenvalue weighted by Crippen LogP contribution is -2.47. The van der Waals surface area contributed by atoms with Crippen LogP contribution in [0.2, 0.25) is 5.02 Å². The highest BCUT2D eigenvalue weighted by Crippen LogP contribution is 2.31. The zero-order chi connectivity index (χ0) is 25.0. The first-order valence-corrected chi connectivity index (χ1v) is 12.2. The van der Waals surface area contributed by atoms with Gasteiger partial charge in [0.25, 0.3) is 5.91 Å². The van der Waals surface area contributed by atoms with Gasteiger partial charge in [0.05, 0.1) is 24.4 Å². The van der Waals surface area contributed by atoms with Crippen LogP contribution in [0.25, 0.3) is 0 Å². The molecule has 2 N–H and O–H groups in total. The third-order valence-corrected chi connectivity index (χ3v) is 6.84. The minimum atomic E-state index is -4.16. The van der Waals surface area contributed by atoms with Crippen LogP contribution < -0.4 is 10.2 Å². The van der Waals surface area contributed by atoms with Crippen molar-refractivity contribution in [2.24, 2.45) is 0 Å². The van der Waals surface area contributed by atoms with Gasteiger partial charge in [-0.05, 0) is 47.9 Å². The molecule has 0 saturated carbocycles. The predicted octanol–water partition coefficient (Wildman–Crippen LogP) is 4.02. The summed E-state index contributed by atoms with van der Waals surface area (Å²) in [6, 6.07) is 11.0. The SMILES string of the molecule is O=C(Nc1ccc(Cl)cc1N1CCN(CCC(F)(F)F)CC1)c1ccc2c(c1)CN(CCO)CC2. The number of anilines is 2. The number of piperazine rings is 1. The standard InChI is InChI=1S/C25H30ClF3N4O2/c26-21-3-4-22(23(16-21)33-11-9-31(10-12-33)8-6-25(27,28)29)30-24(35)19-2-1-18-5-7-32(13-14-34)17-20(18)15-19/h1-4,15-16,34H,5-14,17H2,(H,30,35). The van der Waals surface area contributed by atoms with E-state index < -0.39 is 12.6 Å². The van der Waals surface area contributed by atoms with Gasteiger partial charge >= 0.3 is 6.18 Å². The van der Waals surface area contributed by atoms with Crippen LogP contribution in [0.3, 0.4) is 0 Å². The molecule has 0 aromatic heterocycles. The van der Waals surface area contributed by atoms with E-state index in [0.717, 1.165) is 24.2 Å². The molecule has 4 rings (SSSR count). The van der Waals surface area contributed by atoms with Crippen LogP contribution in [0.15, 0.2) is 36.4 Å². The summed E-state index contributed by atoms with van der Waals surface area (Å²) in [6.45, 7) is 4.37. The summed E-state index contributed by atoms with van der Waals surface area (Å²) < 4.78 is 37.7. The van der Waals surface area contributed by atoms with Gasteiger partial charge in [-0.25, -0.2) is 0 Å². The number of fused-ring (bicyclic) bond motifs is 1. The lowest BCUT2D eigenvalue weighted by Gasteiger charge is -2.37. The molecule has 1 fully saturated rings. The number of aliphatic hydroxyl groups excluding tert-OH is 1. The highest BCUT2D eigenvalue weighted by atomic mass is 35.5. The number of hydrogen-bond donors (Lipinski definition) is 2. The number of halogens is 4. The van der Waals surface area contributed by atoms with E-state index in [1.165, 1.54) is 5.56 Å². The van der Waals surface area contributed by atoms with Gasteiger partial charge in [0.15, 0.2) is 0 Å². The number of nitrogens with one attached hydrogen (secondary N) is 1. The maximum Gasteiger partial charge on any atom is 0.390 e. The fourth-order valence-electron chi connectivity index (χ4n) is 4.65. The number of amides is 1. The van der Waals surface area contributed by atoms with Crippen molar-refractivity contribution < 1.29 is 23.1 Å². The van der Waals surface area contributed by atoms with Gasteiger partial charge in [-0.15, -0.1) is 0 Å². The van der Waals surface area contributed by atoms with Crippen LogP contribution in [-0.4, -0.2) is 79.4 Å². The molecule has 1 saturated heterocycles. The van der Waals surface area contributed by atoms with Crippen molar-refractivity contribution in [1.29, 1.82) is 0 Å². The van der Waals surface area contributed by atoms with Crippen LogP contribution >= 0.6 is 11.6 Å². The third kappa shape index (κ3) is 6.88. The van der Waals surface area contributed by atoms with E-state index in [1.807, 2.05) is 23.1 Å². The molecular weight excluding hydrogens is 481 g/mol. The Kier molecular flexibility index (Phi) is 8.21. The van der Waals surface area contributed by atoms with Crippen molar-refractivity contribution in [2.45, 2.75) is 25.6 Å². The lowest BCUT2D eigenvalue weighted by molar-refractivity contribution is -0.138.